The molecule has 0 saturated carbocycles. The van der Waals surface area contributed by atoms with Crippen molar-refractivity contribution in [2.75, 3.05) is 49.9 Å². The molecule has 2 aliphatic rings. The topological polar surface area (TPSA) is 125 Å². The highest BCUT2D eigenvalue weighted by Crippen LogP contribution is 2.22. The zero-order valence-electron chi connectivity index (χ0n) is 22.5. The van der Waals surface area contributed by atoms with Crippen molar-refractivity contribution in [1.29, 1.82) is 0 Å². The molecule has 40 heavy (non-hydrogen) atoms. The van der Waals surface area contributed by atoms with Gasteiger partial charge in [0.25, 0.3) is 0 Å². The number of benzene rings is 2. The minimum Gasteiger partial charge on any atom is -0.399 e. The first-order valence-electron chi connectivity index (χ1n) is 13.7. The van der Waals surface area contributed by atoms with Crippen LogP contribution in [0.3, 0.4) is 0 Å². The third-order valence-electron chi connectivity index (χ3n) is 7.45. The normalized spacial score (nSPS) is 17.7. The number of carbonyl (C=O) groups excluding carboxylic acids is 2. The van der Waals surface area contributed by atoms with E-state index in [1.165, 1.54) is 0 Å². The van der Waals surface area contributed by atoms with Gasteiger partial charge in [-0.05, 0) is 48.7 Å². The number of hydrogen-bond donors (Lipinski definition) is 3. The van der Waals surface area contributed by atoms with E-state index in [9.17, 15) is 9.59 Å². The van der Waals surface area contributed by atoms with E-state index in [1.807, 2.05) is 46.1 Å². The molecule has 5 rings (SSSR count). The predicted molar refractivity (Wildman–Crippen MR) is 155 cm³/mol. The molecule has 2 aromatic carbocycles. The lowest BCUT2D eigenvalue weighted by Crippen LogP contribution is -2.46. The molecule has 212 valence electrons. The minimum absolute atomic E-state index is 0.0305. The van der Waals surface area contributed by atoms with Gasteiger partial charge in [-0.2, -0.15) is 0 Å². The number of nitrogens with one attached hydrogen (secondary N) is 2. The van der Waals surface area contributed by atoms with Crippen molar-refractivity contribution < 1.29 is 9.59 Å². The Bertz CT molecular complexity index is 1290. The summed E-state index contributed by atoms with van der Waals surface area (Å²) in [6.07, 6.45) is 3.81. The maximum absolute atomic E-state index is 12.9. The summed E-state index contributed by atoms with van der Waals surface area (Å²) in [5, 5.41) is 14.9. The van der Waals surface area contributed by atoms with Crippen LogP contribution in [0.5, 0.6) is 0 Å². The van der Waals surface area contributed by atoms with Crippen molar-refractivity contribution in [2.24, 2.45) is 0 Å². The fourth-order valence-corrected chi connectivity index (χ4v) is 5.46. The average Bonchev–Trinajstić information content (AvgIpc) is 3.61. The molecule has 1 atom stereocenters. The Morgan fingerprint density at radius 1 is 1.02 bits per heavy atom. The first kappa shape index (κ1) is 27.7. The Balaban J connectivity index is 1.04. The number of amides is 3. The van der Waals surface area contributed by atoms with Gasteiger partial charge in [0.1, 0.15) is 0 Å². The fraction of sp³-hybridized carbons (Fsp3) is 0.429. The zero-order valence-corrected chi connectivity index (χ0v) is 23.3. The van der Waals surface area contributed by atoms with Gasteiger partial charge in [-0.15, -0.1) is 5.10 Å². The number of likely N-dealkylation sites (tertiary alicyclic amines) is 1. The molecule has 2 aliphatic heterocycles. The van der Waals surface area contributed by atoms with Crippen LogP contribution in [-0.2, 0) is 24.4 Å². The SMILES string of the molecule is Nc1ccc(CNC(=O)NCC(=O)N2CCC[C@@H]2Cn2cc(CN3CCN(c4cccc(Cl)c4)CC3)nn2)cc1. The lowest BCUT2D eigenvalue weighted by molar-refractivity contribution is -0.131. The first-order chi connectivity index (χ1) is 19.4. The number of hydrogen-bond acceptors (Lipinski definition) is 7. The number of aromatic nitrogens is 3. The smallest absolute Gasteiger partial charge is 0.315 e. The van der Waals surface area contributed by atoms with Crippen LogP contribution in [-0.4, -0.2) is 82.0 Å². The molecule has 1 aromatic heterocycles. The molecule has 3 amide bonds. The molecule has 2 saturated heterocycles. The molecule has 2 fully saturated rings. The second-order valence-electron chi connectivity index (χ2n) is 10.3. The summed E-state index contributed by atoms with van der Waals surface area (Å²) < 4.78 is 1.83. The molecular weight excluding hydrogens is 530 g/mol. The molecule has 0 spiro atoms. The van der Waals surface area contributed by atoms with Crippen molar-refractivity contribution in [2.45, 2.75) is 38.5 Å². The quantitative estimate of drug-likeness (QED) is 0.340. The Hall–Kier alpha value is -3.83. The Morgan fingerprint density at radius 3 is 2.60 bits per heavy atom. The zero-order chi connectivity index (χ0) is 27.9. The Morgan fingerprint density at radius 2 is 1.82 bits per heavy atom. The molecule has 12 heteroatoms. The van der Waals surface area contributed by atoms with Crippen LogP contribution in [0.2, 0.25) is 5.02 Å². The van der Waals surface area contributed by atoms with Crippen LogP contribution in [0.15, 0.2) is 54.7 Å². The number of urea groups is 1. The van der Waals surface area contributed by atoms with Gasteiger partial charge in [0.05, 0.1) is 24.8 Å². The van der Waals surface area contributed by atoms with E-state index in [-0.39, 0.29) is 24.5 Å². The van der Waals surface area contributed by atoms with Gasteiger partial charge in [-0.3, -0.25) is 14.4 Å². The van der Waals surface area contributed by atoms with E-state index in [4.69, 9.17) is 17.3 Å². The summed E-state index contributed by atoms with van der Waals surface area (Å²) in [6.45, 7) is 6.05. The summed E-state index contributed by atoms with van der Waals surface area (Å²) in [4.78, 5) is 31.7. The second kappa shape index (κ2) is 13.0. The lowest BCUT2D eigenvalue weighted by atomic mass is 10.2. The fourth-order valence-electron chi connectivity index (χ4n) is 5.27. The monoisotopic (exact) mass is 565 g/mol. The minimum atomic E-state index is -0.379. The maximum atomic E-state index is 12.9. The summed E-state index contributed by atoms with van der Waals surface area (Å²) in [5.41, 5.74) is 9.37. The second-order valence-corrected chi connectivity index (χ2v) is 10.8. The largest absolute Gasteiger partial charge is 0.399 e. The van der Waals surface area contributed by atoms with Crippen LogP contribution in [0.25, 0.3) is 0 Å². The number of carbonyl (C=O) groups is 2. The van der Waals surface area contributed by atoms with E-state index < -0.39 is 0 Å². The molecule has 4 N–H and O–H groups in total. The van der Waals surface area contributed by atoms with Crippen LogP contribution in [0.1, 0.15) is 24.1 Å². The highest BCUT2D eigenvalue weighted by atomic mass is 35.5. The standard InChI is InChI=1S/C28H36ClN9O2/c29-22-3-1-4-25(15-22)36-13-11-35(12-14-36)18-24-19-37(34-33-24)20-26-5-2-10-38(26)27(39)17-32-28(40)31-16-21-6-8-23(30)9-7-21/h1,3-4,6-9,15,19,26H,2,5,10-14,16-18,20,30H2,(H2,31,32,40)/t26-/m1/s1. The number of halogens is 1. The van der Waals surface area contributed by atoms with Crippen molar-refractivity contribution >= 4 is 34.9 Å². The van der Waals surface area contributed by atoms with Gasteiger partial charge in [-0.25, -0.2) is 4.79 Å². The van der Waals surface area contributed by atoms with Gasteiger partial charge < -0.3 is 26.2 Å². The number of nitrogens with zero attached hydrogens (tertiary/aromatic N) is 6. The Labute approximate surface area is 239 Å². The van der Waals surface area contributed by atoms with Crippen LogP contribution in [0.4, 0.5) is 16.2 Å². The lowest BCUT2D eigenvalue weighted by Gasteiger charge is -2.35. The summed E-state index contributed by atoms with van der Waals surface area (Å²) in [7, 11) is 0. The highest BCUT2D eigenvalue weighted by molar-refractivity contribution is 6.30. The van der Waals surface area contributed by atoms with Gasteiger partial charge in [0.2, 0.25) is 5.91 Å². The van der Waals surface area contributed by atoms with Crippen LogP contribution in [0, 0.1) is 0 Å². The van der Waals surface area contributed by atoms with Gasteiger partial charge in [-0.1, -0.05) is 35.0 Å². The molecule has 0 bridgehead atoms. The summed E-state index contributed by atoms with van der Waals surface area (Å²) >= 11 is 6.15. The van der Waals surface area contributed by atoms with E-state index in [2.05, 4.69) is 36.8 Å². The third kappa shape index (κ3) is 7.42. The number of rotatable bonds is 9. The van der Waals surface area contributed by atoms with Gasteiger partial charge in [0.15, 0.2) is 0 Å². The number of piperazine rings is 1. The molecule has 3 heterocycles. The van der Waals surface area contributed by atoms with E-state index in [1.54, 1.807) is 12.1 Å². The van der Waals surface area contributed by atoms with Crippen molar-refractivity contribution in [1.82, 2.24) is 35.4 Å². The molecule has 11 nitrogen and oxygen atoms in total. The number of nitrogen functional groups attached to an aromatic ring is 1. The van der Waals surface area contributed by atoms with E-state index >= 15 is 0 Å². The Kier molecular flexibility index (Phi) is 9.02. The first-order valence-corrected chi connectivity index (χ1v) is 14.1. The molecular formula is C28H36ClN9O2. The number of nitrogens with two attached hydrogens (primary N) is 1. The molecule has 0 radical (unpaired) electrons. The maximum Gasteiger partial charge on any atom is 0.315 e. The third-order valence-corrected chi connectivity index (χ3v) is 7.68. The predicted octanol–water partition coefficient (Wildman–Crippen LogP) is 2.33. The van der Waals surface area contributed by atoms with Crippen molar-refractivity contribution in [3.63, 3.8) is 0 Å². The van der Waals surface area contributed by atoms with Gasteiger partial charge in [0, 0.05) is 68.4 Å². The molecule has 0 aliphatic carbocycles. The van der Waals surface area contributed by atoms with Crippen LogP contribution >= 0.6 is 11.6 Å². The molecule has 3 aromatic rings. The van der Waals surface area contributed by atoms with Gasteiger partial charge >= 0.3 is 6.03 Å². The highest BCUT2D eigenvalue weighted by Gasteiger charge is 2.29. The van der Waals surface area contributed by atoms with E-state index in [0.717, 1.165) is 67.5 Å². The van der Waals surface area contributed by atoms with Crippen LogP contribution < -0.4 is 21.3 Å². The summed E-state index contributed by atoms with van der Waals surface area (Å²) in [6, 6.07) is 14.9. The average molecular weight is 566 g/mol. The summed E-state index contributed by atoms with van der Waals surface area (Å²) in [5.74, 6) is -0.0944. The van der Waals surface area contributed by atoms with Crippen molar-refractivity contribution in [3.05, 3.63) is 71.0 Å². The molecule has 0 unspecified atom stereocenters. The number of anilines is 2. The van der Waals surface area contributed by atoms with Crippen molar-refractivity contribution in [3.8, 4) is 0 Å². The van der Waals surface area contributed by atoms with E-state index in [0.29, 0.717) is 25.3 Å².